The van der Waals surface area contributed by atoms with Crippen LogP contribution in [0.3, 0.4) is 0 Å². The maximum atomic E-state index is 14.5. The Hall–Kier alpha value is -3.46. The van der Waals surface area contributed by atoms with E-state index in [1.807, 2.05) is 25.4 Å². The molecule has 3 aliphatic rings. The van der Waals surface area contributed by atoms with Crippen LogP contribution in [0.1, 0.15) is 35.8 Å². The third-order valence-corrected chi connectivity index (χ3v) is 6.92. The van der Waals surface area contributed by atoms with E-state index in [1.54, 1.807) is 28.4 Å². The Balaban J connectivity index is 1.33. The monoisotopic (exact) mass is 447 g/mol. The van der Waals surface area contributed by atoms with Crippen molar-refractivity contribution in [1.29, 1.82) is 0 Å². The molecule has 33 heavy (non-hydrogen) atoms. The number of benzene rings is 1. The summed E-state index contributed by atoms with van der Waals surface area (Å²) in [5.74, 6) is -0.808. The molecule has 0 unspecified atom stereocenters. The summed E-state index contributed by atoms with van der Waals surface area (Å²) in [5.41, 5.74) is 3.74. The standard InChI is InChI=1S/C24H26FN7O/c1-4-26-24-8-16(9-24)32(13-24)20-6-5-17(21-18(20)12-30(3)29-21)23(33)28-15-7-19(25)22-27-14(2)10-31(22)11-15/h5-7,10-12,16,26H,4,8-9,13H2,1-3H3,(H,28,33). The van der Waals surface area contributed by atoms with Crippen LogP contribution in [0.25, 0.3) is 16.6 Å². The summed E-state index contributed by atoms with van der Waals surface area (Å²) in [6.07, 6.45) is 7.65. The van der Waals surface area contributed by atoms with Crippen molar-refractivity contribution >= 4 is 33.8 Å². The number of nitrogens with zero attached hydrogens (tertiary/aromatic N) is 5. The fourth-order valence-electron chi connectivity index (χ4n) is 5.59. The molecule has 1 saturated carbocycles. The smallest absolute Gasteiger partial charge is 0.257 e. The molecule has 0 radical (unpaired) electrons. The van der Waals surface area contributed by atoms with Crippen molar-refractivity contribution in [2.45, 2.75) is 38.3 Å². The van der Waals surface area contributed by atoms with Gasteiger partial charge in [-0.25, -0.2) is 9.37 Å². The van der Waals surface area contributed by atoms with E-state index in [2.05, 4.69) is 32.5 Å². The Bertz CT molecular complexity index is 1420. The van der Waals surface area contributed by atoms with E-state index in [-0.39, 0.29) is 17.1 Å². The van der Waals surface area contributed by atoms with Gasteiger partial charge in [0.2, 0.25) is 0 Å². The second kappa shape index (κ2) is 7.02. The molecule has 0 atom stereocenters. The van der Waals surface area contributed by atoms with Gasteiger partial charge in [0, 0.05) is 60.9 Å². The number of hydrogen-bond acceptors (Lipinski definition) is 5. The number of imidazole rings is 1. The topological polar surface area (TPSA) is 79.5 Å². The maximum Gasteiger partial charge on any atom is 0.257 e. The second-order valence-electron chi connectivity index (χ2n) is 9.34. The highest BCUT2D eigenvalue weighted by molar-refractivity contribution is 6.14. The number of likely N-dealkylation sites (N-methyl/N-ethyl adjacent to an activating group) is 1. The lowest BCUT2D eigenvalue weighted by Gasteiger charge is -2.37. The quantitative estimate of drug-likeness (QED) is 0.491. The number of nitrogens with one attached hydrogen (secondary N) is 2. The molecule has 2 N–H and O–H groups in total. The van der Waals surface area contributed by atoms with Crippen LogP contribution < -0.4 is 15.5 Å². The molecule has 1 aromatic carbocycles. The van der Waals surface area contributed by atoms with E-state index >= 15 is 0 Å². The van der Waals surface area contributed by atoms with E-state index in [9.17, 15) is 9.18 Å². The third kappa shape index (κ3) is 3.10. The Morgan fingerprint density at radius 3 is 2.88 bits per heavy atom. The number of fused-ring (bicyclic) bond motifs is 3. The minimum absolute atomic E-state index is 0.207. The molecule has 2 aliphatic heterocycles. The molecule has 8 nitrogen and oxygen atoms in total. The van der Waals surface area contributed by atoms with Gasteiger partial charge in [0.1, 0.15) is 5.52 Å². The van der Waals surface area contributed by atoms with Crippen LogP contribution in [0.15, 0.2) is 36.8 Å². The fraction of sp³-hybridized carbons (Fsp3) is 0.375. The number of aromatic nitrogens is 4. The van der Waals surface area contributed by atoms with Gasteiger partial charge in [-0.05, 0) is 38.4 Å². The van der Waals surface area contributed by atoms with E-state index in [1.165, 1.54) is 6.07 Å². The average molecular weight is 448 g/mol. The number of rotatable bonds is 5. The zero-order chi connectivity index (χ0) is 22.9. The van der Waals surface area contributed by atoms with Crippen LogP contribution in [-0.2, 0) is 7.05 Å². The molecule has 3 aromatic heterocycles. The minimum Gasteiger partial charge on any atom is -0.366 e. The first-order valence-corrected chi connectivity index (χ1v) is 11.3. The van der Waals surface area contributed by atoms with Gasteiger partial charge in [-0.15, -0.1) is 0 Å². The van der Waals surface area contributed by atoms with Crippen LogP contribution in [0.4, 0.5) is 15.8 Å². The van der Waals surface area contributed by atoms with Gasteiger partial charge in [-0.1, -0.05) is 6.92 Å². The van der Waals surface area contributed by atoms with Crippen LogP contribution >= 0.6 is 0 Å². The van der Waals surface area contributed by atoms with Gasteiger partial charge in [0.25, 0.3) is 5.91 Å². The van der Waals surface area contributed by atoms with Crippen molar-refractivity contribution in [3.63, 3.8) is 0 Å². The predicted molar refractivity (Wildman–Crippen MR) is 125 cm³/mol. The highest BCUT2D eigenvalue weighted by Gasteiger charge is 2.54. The number of hydrogen-bond donors (Lipinski definition) is 2. The molecule has 170 valence electrons. The summed E-state index contributed by atoms with van der Waals surface area (Å²) >= 11 is 0. The van der Waals surface area contributed by atoms with Crippen LogP contribution in [-0.4, -0.2) is 49.7 Å². The number of carbonyl (C=O) groups excluding carboxylic acids is 1. The third-order valence-electron chi connectivity index (χ3n) is 6.92. The van der Waals surface area contributed by atoms with Crippen molar-refractivity contribution in [3.8, 4) is 0 Å². The van der Waals surface area contributed by atoms with Gasteiger partial charge in [0.05, 0.1) is 16.9 Å². The number of aryl methyl sites for hydroxylation is 2. The van der Waals surface area contributed by atoms with Crippen molar-refractivity contribution in [3.05, 3.63) is 53.9 Å². The van der Waals surface area contributed by atoms with Crippen molar-refractivity contribution in [1.82, 2.24) is 24.5 Å². The Morgan fingerprint density at radius 1 is 1.27 bits per heavy atom. The molecule has 3 fully saturated rings. The molecule has 1 amide bonds. The lowest BCUT2D eigenvalue weighted by atomic mass is 9.78. The molecule has 9 heteroatoms. The molecule has 1 aliphatic carbocycles. The average Bonchev–Trinajstić information content (AvgIpc) is 3.47. The molecule has 5 heterocycles. The van der Waals surface area contributed by atoms with E-state index in [0.717, 1.165) is 37.0 Å². The number of carbonyl (C=O) groups is 1. The zero-order valence-corrected chi connectivity index (χ0v) is 18.9. The lowest BCUT2D eigenvalue weighted by Crippen LogP contribution is -2.52. The Morgan fingerprint density at radius 2 is 2.09 bits per heavy atom. The van der Waals surface area contributed by atoms with Crippen molar-refractivity contribution in [2.75, 3.05) is 23.3 Å². The van der Waals surface area contributed by atoms with Gasteiger partial charge < -0.3 is 19.9 Å². The molecule has 4 aromatic rings. The summed E-state index contributed by atoms with van der Waals surface area (Å²) in [6, 6.07) is 5.65. The van der Waals surface area contributed by atoms with Crippen molar-refractivity contribution < 1.29 is 9.18 Å². The van der Waals surface area contributed by atoms with Crippen LogP contribution in [0.5, 0.6) is 0 Å². The minimum atomic E-state index is -0.484. The number of halogens is 1. The predicted octanol–water partition coefficient (Wildman–Crippen LogP) is 3.25. The largest absolute Gasteiger partial charge is 0.366 e. The zero-order valence-electron chi connectivity index (χ0n) is 18.9. The molecule has 7 rings (SSSR count). The fourth-order valence-corrected chi connectivity index (χ4v) is 5.59. The molecular formula is C24H26FN7O. The van der Waals surface area contributed by atoms with E-state index in [4.69, 9.17) is 0 Å². The Kier molecular flexibility index (Phi) is 4.29. The molecular weight excluding hydrogens is 421 g/mol. The van der Waals surface area contributed by atoms with Gasteiger partial charge in [-0.2, -0.15) is 5.10 Å². The summed E-state index contributed by atoms with van der Waals surface area (Å²) in [4.78, 5) is 19.8. The van der Waals surface area contributed by atoms with Crippen LogP contribution in [0.2, 0.25) is 0 Å². The normalized spacial score (nSPS) is 21.7. The first-order valence-electron chi connectivity index (χ1n) is 11.3. The number of amides is 1. The number of pyridine rings is 1. The van der Waals surface area contributed by atoms with E-state index in [0.29, 0.717) is 28.5 Å². The molecule has 2 bridgehead atoms. The van der Waals surface area contributed by atoms with Crippen LogP contribution in [0, 0.1) is 12.7 Å². The summed E-state index contributed by atoms with van der Waals surface area (Å²) in [6.45, 7) is 5.88. The van der Waals surface area contributed by atoms with Crippen molar-refractivity contribution in [2.24, 2.45) is 7.05 Å². The maximum absolute atomic E-state index is 14.5. The highest BCUT2D eigenvalue weighted by Crippen LogP contribution is 2.48. The first-order chi connectivity index (χ1) is 15.9. The summed E-state index contributed by atoms with van der Waals surface area (Å²) in [7, 11) is 1.86. The first kappa shape index (κ1) is 20.2. The highest BCUT2D eigenvalue weighted by atomic mass is 19.1. The Labute approximate surface area is 190 Å². The molecule has 0 spiro atoms. The lowest BCUT2D eigenvalue weighted by molar-refractivity contribution is 0.102. The number of anilines is 2. The summed E-state index contributed by atoms with van der Waals surface area (Å²) in [5, 5.41) is 12.0. The summed E-state index contributed by atoms with van der Waals surface area (Å²) < 4.78 is 17.8. The van der Waals surface area contributed by atoms with Gasteiger partial charge in [-0.3, -0.25) is 9.48 Å². The van der Waals surface area contributed by atoms with Gasteiger partial charge >= 0.3 is 0 Å². The SMILES string of the molecule is CCNC12CC(C1)N(c1ccc(C(=O)Nc3cc(F)c4nc(C)cn4c3)c3nn(C)cc13)C2. The second-order valence-corrected chi connectivity index (χ2v) is 9.34. The van der Waals surface area contributed by atoms with E-state index < -0.39 is 5.82 Å². The van der Waals surface area contributed by atoms with Gasteiger partial charge in [0.15, 0.2) is 11.5 Å². The molecule has 2 saturated heterocycles.